The van der Waals surface area contributed by atoms with E-state index in [1.54, 1.807) is 7.05 Å². The molecule has 0 bridgehead atoms. The molecule has 1 saturated heterocycles. The van der Waals surface area contributed by atoms with Crippen molar-refractivity contribution in [2.24, 2.45) is 10.9 Å². The van der Waals surface area contributed by atoms with Gasteiger partial charge in [0.15, 0.2) is 5.96 Å². The summed E-state index contributed by atoms with van der Waals surface area (Å²) in [6, 6.07) is 0.389. The maximum absolute atomic E-state index is 12.0. The first-order valence-corrected chi connectivity index (χ1v) is 9.32. The Balaban J connectivity index is 2.40. The van der Waals surface area contributed by atoms with E-state index in [4.69, 9.17) is 0 Å². The molecule has 0 aromatic rings. The lowest BCUT2D eigenvalue weighted by Crippen LogP contribution is -2.51. The van der Waals surface area contributed by atoms with Crippen LogP contribution in [-0.4, -0.2) is 60.5 Å². The first-order chi connectivity index (χ1) is 10.3. The van der Waals surface area contributed by atoms with E-state index in [1.807, 2.05) is 30.5 Å². The largest absolute Gasteiger partial charge is 0.355 e. The molecule has 0 unspecified atom stereocenters. The summed E-state index contributed by atoms with van der Waals surface area (Å²) >= 11 is 1.84. The molecule has 0 spiro atoms. The van der Waals surface area contributed by atoms with Crippen molar-refractivity contribution >= 4 is 23.6 Å². The molecule has 1 heterocycles. The highest BCUT2D eigenvalue weighted by atomic mass is 32.2. The van der Waals surface area contributed by atoms with Gasteiger partial charge in [-0.15, -0.1) is 0 Å². The average molecular weight is 329 g/mol. The molecule has 5 nitrogen and oxygen atoms in total. The topological polar surface area (TPSA) is 56.7 Å². The summed E-state index contributed by atoms with van der Waals surface area (Å²) in [4.78, 5) is 18.3. The molecule has 0 aromatic carbocycles. The predicted molar refractivity (Wildman–Crippen MR) is 96.5 cm³/mol. The number of amides is 1. The molecule has 128 valence electrons. The lowest BCUT2D eigenvalue weighted by Gasteiger charge is -2.34. The second-order valence-corrected chi connectivity index (χ2v) is 8.30. The third-order valence-corrected chi connectivity index (χ3v) is 5.35. The van der Waals surface area contributed by atoms with Gasteiger partial charge in [0.2, 0.25) is 5.91 Å². The molecule has 1 aliphatic rings. The Labute approximate surface area is 139 Å². The zero-order chi connectivity index (χ0) is 16.8. The molecular formula is C16H32N4OS. The summed E-state index contributed by atoms with van der Waals surface area (Å²) in [5.74, 6) is 1.21. The van der Waals surface area contributed by atoms with Crippen LogP contribution in [0, 0.1) is 5.92 Å². The fourth-order valence-electron chi connectivity index (χ4n) is 2.37. The van der Waals surface area contributed by atoms with E-state index >= 15 is 0 Å². The highest BCUT2D eigenvalue weighted by molar-refractivity contribution is 7.99. The van der Waals surface area contributed by atoms with Gasteiger partial charge in [0.05, 0.1) is 0 Å². The van der Waals surface area contributed by atoms with E-state index in [1.165, 1.54) is 0 Å². The predicted octanol–water partition coefficient (Wildman–Crippen LogP) is 1.94. The van der Waals surface area contributed by atoms with Crippen molar-refractivity contribution in [1.29, 1.82) is 0 Å². The number of piperidine rings is 1. The fraction of sp³-hybridized carbons (Fsp3) is 0.875. The van der Waals surface area contributed by atoms with Crippen LogP contribution in [0.3, 0.4) is 0 Å². The van der Waals surface area contributed by atoms with Gasteiger partial charge in [0.1, 0.15) is 0 Å². The third-order valence-electron chi connectivity index (χ3n) is 4.10. The summed E-state index contributed by atoms with van der Waals surface area (Å²) in [7, 11) is 1.80. The number of thioether (sulfide) groups is 1. The molecule has 0 radical (unpaired) electrons. The standard InChI is InChI=1S/C16H32N4OS/c1-12(2)14(21)20-9-7-13(8-10-20)19-15(17-5)18-11-16(3,4)22-6/h12-13H,7-11H2,1-6H3,(H2,17,18,19). The molecule has 0 saturated carbocycles. The summed E-state index contributed by atoms with van der Waals surface area (Å²) in [6.45, 7) is 10.9. The van der Waals surface area contributed by atoms with Crippen LogP contribution in [0.1, 0.15) is 40.5 Å². The number of likely N-dealkylation sites (tertiary alicyclic amines) is 1. The molecule has 1 rings (SSSR count). The number of nitrogens with one attached hydrogen (secondary N) is 2. The SMILES string of the molecule is CN=C(NCC(C)(C)SC)NC1CCN(C(=O)C(C)C)CC1. The maximum Gasteiger partial charge on any atom is 0.225 e. The van der Waals surface area contributed by atoms with Crippen LogP contribution in [0.2, 0.25) is 0 Å². The van der Waals surface area contributed by atoms with Crippen LogP contribution in [0.5, 0.6) is 0 Å². The number of carbonyl (C=O) groups is 1. The van der Waals surface area contributed by atoms with E-state index in [2.05, 4.69) is 35.7 Å². The normalized spacial score (nSPS) is 17.8. The van der Waals surface area contributed by atoms with Gasteiger partial charge in [-0.05, 0) is 32.9 Å². The van der Waals surface area contributed by atoms with Gasteiger partial charge in [0.25, 0.3) is 0 Å². The summed E-state index contributed by atoms with van der Waals surface area (Å²) in [6.07, 6.45) is 4.08. The number of aliphatic imine (C=N–C) groups is 1. The Bertz CT molecular complexity index is 388. The van der Waals surface area contributed by atoms with Gasteiger partial charge in [-0.3, -0.25) is 9.79 Å². The molecule has 22 heavy (non-hydrogen) atoms. The minimum Gasteiger partial charge on any atom is -0.355 e. The molecule has 2 N–H and O–H groups in total. The van der Waals surface area contributed by atoms with Crippen LogP contribution in [-0.2, 0) is 4.79 Å². The van der Waals surface area contributed by atoms with Gasteiger partial charge in [0, 0.05) is 43.4 Å². The Morgan fingerprint density at radius 1 is 1.36 bits per heavy atom. The van der Waals surface area contributed by atoms with Crippen LogP contribution in [0.4, 0.5) is 0 Å². The van der Waals surface area contributed by atoms with Gasteiger partial charge < -0.3 is 15.5 Å². The summed E-state index contributed by atoms with van der Waals surface area (Å²) in [5, 5.41) is 6.88. The van der Waals surface area contributed by atoms with E-state index < -0.39 is 0 Å². The van der Waals surface area contributed by atoms with Crippen molar-refractivity contribution < 1.29 is 4.79 Å². The fourth-order valence-corrected chi connectivity index (χ4v) is 2.58. The van der Waals surface area contributed by atoms with Crippen LogP contribution < -0.4 is 10.6 Å². The molecule has 1 fully saturated rings. The third kappa shape index (κ3) is 6.07. The number of rotatable bonds is 5. The number of hydrogen-bond acceptors (Lipinski definition) is 3. The first kappa shape index (κ1) is 19.1. The highest BCUT2D eigenvalue weighted by Gasteiger charge is 2.25. The molecule has 0 aliphatic carbocycles. The number of hydrogen-bond donors (Lipinski definition) is 2. The molecule has 0 aromatic heterocycles. The zero-order valence-electron chi connectivity index (χ0n) is 14.9. The van der Waals surface area contributed by atoms with E-state index in [-0.39, 0.29) is 16.6 Å². The number of guanidine groups is 1. The van der Waals surface area contributed by atoms with Gasteiger partial charge in [-0.2, -0.15) is 11.8 Å². The maximum atomic E-state index is 12.0. The van der Waals surface area contributed by atoms with E-state index in [0.717, 1.165) is 38.4 Å². The summed E-state index contributed by atoms with van der Waals surface area (Å²) < 4.78 is 0.185. The van der Waals surface area contributed by atoms with Crippen LogP contribution in [0.15, 0.2) is 4.99 Å². The Morgan fingerprint density at radius 3 is 2.41 bits per heavy atom. The van der Waals surface area contributed by atoms with Crippen molar-refractivity contribution in [1.82, 2.24) is 15.5 Å². The van der Waals surface area contributed by atoms with Crippen molar-refractivity contribution in [3.05, 3.63) is 0 Å². The number of nitrogens with zero attached hydrogens (tertiary/aromatic N) is 2. The monoisotopic (exact) mass is 328 g/mol. The minimum atomic E-state index is 0.0905. The molecule has 0 atom stereocenters. The quantitative estimate of drug-likeness (QED) is 0.598. The first-order valence-electron chi connectivity index (χ1n) is 8.10. The average Bonchev–Trinajstić information content (AvgIpc) is 2.51. The van der Waals surface area contributed by atoms with Gasteiger partial charge in [-0.1, -0.05) is 13.8 Å². The zero-order valence-corrected chi connectivity index (χ0v) is 15.7. The van der Waals surface area contributed by atoms with Gasteiger partial charge >= 0.3 is 0 Å². The minimum absolute atomic E-state index is 0.0905. The number of carbonyl (C=O) groups excluding carboxylic acids is 1. The van der Waals surface area contributed by atoms with E-state index in [0.29, 0.717) is 6.04 Å². The van der Waals surface area contributed by atoms with Crippen LogP contribution in [0.25, 0.3) is 0 Å². The van der Waals surface area contributed by atoms with Crippen molar-refractivity contribution in [2.45, 2.75) is 51.3 Å². The summed E-state index contributed by atoms with van der Waals surface area (Å²) in [5.41, 5.74) is 0. The molecule has 6 heteroatoms. The van der Waals surface area contributed by atoms with Gasteiger partial charge in [-0.25, -0.2) is 0 Å². The van der Waals surface area contributed by atoms with Crippen molar-refractivity contribution in [3.63, 3.8) is 0 Å². The Hall–Kier alpha value is -0.910. The Kier molecular flexibility index (Phi) is 7.53. The second kappa shape index (κ2) is 8.65. The molecule has 1 aliphatic heterocycles. The Morgan fingerprint density at radius 2 is 1.95 bits per heavy atom. The van der Waals surface area contributed by atoms with Crippen molar-refractivity contribution in [3.8, 4) is 0 Å². The lowest BCUT2D eigenvalue weighted by molar-refractivity contribution is -0.135. The highest BCUT2D eigenvalue weighted by Crippen LogP contribution is 2.19. The van der Waals surface area contributed by atoms with E-state index in [9.17, 15) is 4.79 Å². The molecule has 1 amide bonds. The molecular weight excluding hydrogens is 296 g/mol. The van der Waals surface area contributed by atoms with Crippen molar-refractivity contribution in [2.75, 3.05) is 32.9 Å². The van der Waals surface area contributed by atoms with Crippen LogP contribution >= 0.6 is 11.8 Å². The lowest BCUT2D eigenvalue weighted by atomic mass is 10.0. The second-order valence-electron chi connectivity index (χ2n) is 6.79. The smallest absolute Gasteiger partial charge is 0.225 e.